The van der Waals surface area contributed by atoms with E-state index in [1.54, 1.807) is 0 Å². The summed E-state index contributed by atoms with van der Waals surface area (Å²) in [5, 5.41) is 8.96. The average molecular weight is 220 g/mol. The van der Waals surface area contributed by atoms with Crippen LogP contribution in [-0.4, -0.2) is 26.1 Å². The number of nitrogens with zero attached hydrogens (tertiary/aromatic N) is 3. The highest BCUT2D eigenvalue weighted by atomic mass is 16.3. The van der Waals surface area contributed by atoms with Crippen molar-refractivity contribution in [3.05, 3.63) is 29.8 Å². The SMILES string of the molecule is CC(C)c1cnc2nc(C(N)CO)cn2c1. The third kappa shape index (κ3) is 1.91. The fourth-order valence-corrected chi connectivity index (χ4v) is 1.49. The summed E-state index contributed by atoms with van der Waals surface area (Å²) in [4.78, 5) is 8.51. The fourth-order valence-electron chi connectivity index (χ4n) is 1.49. The van der Waals surface area contributed by atoms with Crippen LogP contribution in [0, 0.1) is 0 Å². The Morgan fingerprint density at radius 2 is 2.19 bits per heavy atom. The molecular weight excluding hydrogens is 204 g/mol. The largest absolute Gasteiger partial charge is 0.394 e. The van der Waals surface area contributed by atoms with Gasteiger partial charge in [0, 0.05) is 18.6 Å². The van der Waals surface area contributed by atoms with E-state index in [0.717, 1.165) is 5.56 Å². The van der Waals surface area contributed by atoms with Crippen LogP contribution >= 0.6 is 0 Å². The summed E-state index contributed by atoms with van der Waals surface area (Å²) in [6, 6.07) is -0.441. The number of aromatic nitrogens is 3. The maximum atomic E-state index is 8.96. The van der Waals surface area contributed by atoms with Gasteiger partial charge in [0.15, 0.2) is 0 Å². The van der Waals surface area contributed by atoms with E-state index in [-0.39, 0.29) is 6.61 Å². The van der Waals surface area contributed by atoms with E-state index in [2.05, 4.69) is 23.8 Å². The molecule has 0 radical (unpaired) electrons. The first-order valence-corrected chi connectivity index (χ1v) is 5.32. The summed E-state index contributed by atoms with van der Waals surface area (Å²) >= 11 is 0. The molecule has 0 aromatic carbocycles. The summed E-state index contributed by atoms with van der Waals surface area (Å²) in [7, 11) is 0. The van der Waals surface area contributed by atoms with E-state index in [4.69, 9.17) is 10.8 Å². The molecule has 0 amide bonds. The standard InChI is InChI=1S/C11H16N4O/c1-7(2)8-3-13-11-14-10(9(12)6-16)5-15(11)4-8/h3-5,7,9,16H,6,12H2,1-2H3. The van der Waals surface area contributed by atoms with E-state index in [1.165, 1.54) is 0 Å². The van der Waals surface area contributed by atoms with Gasteiger partial charge in [-0.1, -0.05) is 13.8 Å². The molecule has 0 bridgehead atoms. The predicted molar refractivity (Wildman–Crippen MR) is 61.1 cm³/mol. The molecule has 86 valence electrons. The molecule has 0 aliphatic heterocycles. The van der Waals surface area contributed by atoms with Crippen LogP contribution in [0.1, 0.15) is 37.1 Å². The van der Waals surface area contributed by atoms with Crippen LogP contribution in [0.2, 0.25) is 0 Å². The second-order valence-electron chi connectivity index (χ2n) is 4.20. The molecule has 16 heavy (non-hydrogen) atoms. The number of aliphatic hydroxyl groups excluding tert-OH is 1. The zero-order valence-corrected chi connectivity index (χ0v) is 9.46. The number of rotatable bonds is 3. The molecule has 0 aliphatic carbocycles. The molecule has 2 rings (SSSR count). The van der Waals surface area contributed by atoms with Gasteiger partial charge in [-0.15, -0.1) is 0 Å². The van der Waals surface area contributed by atoms with Crippen molar-refractivity contribution in [3.63, 3.8) is 0 Å². The first-order valence-electron chi connectivity index (χ1n) is 5.32. The van der Waals surface area contributed by atoms with Crippen LogP contribution in [0.5, 0.6) is 0 Å². The molecule has 5 nitrogen and oxygen atoms in total. The maximum Gasteiger partial charge on any atom is 0.233 e. The van der Waals surface area contributed by atoms with Gasteiger partial charge >= 0.3 is 0 Å². The van der Waals surface area contributed by atoms with Gasteiger partial charge in [0.2, 0.25) is 5.78 Å². The van der Waals surface area contributed by atoms with Crippen molar-refractivity contribution in [3.8, 4) is 0 Å². The normalized spacial score (nSPS) is 13.6. The van der Waals surface area contributed by atoms with Gasteiger partial charge in [-0.3, -0.25) is 4.40 Å². The van der Waals surface area contributed by atoms with Crippen molar-refractivity contribution < 1.29 is 5.11 Å². The third-order valence-corrected chi connectivity index (χ3v) is 2.59. The Bertz CT molecular complexity index is 492. The molecule has 2 aromatic heterocycles. The smallest absolute Gasteiger partial charge is 0.233 e. The molecule has 2 aromatic rings. The Labute approximate surface area is 93.9 Å². The Morgan fingerprint density at radius 1 is 1.44 bits per heavy atom. The highest BCUT2D eigenvalue weighted by Gasteiger charge is 2.10. The summed E-state index contributed by atoms with van der Waals surface area (Å²) in [5.41, 5.74) is 7.51. The van der Waals surface area contributed by atoms with Gasteiger partial charge in [-0.2, -0.15) is 0 Å². The molecular formula is C11H16N4O. The summed E-state index contributed by atoms with van der Waals surface area (Å²) in [6.07, 6.45) is 5.63. The molecule has 5 heteroatoms. The molecule has 0 spiro atoms. The highest BCUT2D eigenvalue weighted by molar-refractivity contribution is 5.33. The lowest BCUT2D eigenvalue weighted by Gasteiger charge is -2.03. The molecule has 0 fully saturated rings. The van der Waals surface area contributed by atoms with Crippen LogP contribution in [0.15, 0.2) is 18.6 Å². The second-order valence-corrected chi connectivity index (χ2v) is 4.20. The first kappa shape index (κ1) is 11.0. The van der Waals surface area contributed by atoms with Gasteiger partial charge in [-0.05, 0) is 11.5 Å². The minimum absolute atomic E-state index is 0.110. The Hall–Kier alpha value is -1.46. The minimum atomic E-state index is -0.441. The van der Waals surface area contributed by atoms with E-state index >= 15 is 0 Å². The van der Waals surface area contributed by atoms with Crippen LogP contribution in [0.3, 0.4) is 0 Å². The number of aliphatic hydroxyl groups is 1. The third-order valence-electron chi connectivity index (χ3n) is 2.59. The van der Waals surface area contributed by atoms with Crippen LogP contribution in [0.4, 0.5) is 0 Å². The molecule has 2 heterocycles. The molecule has 3 N–H and O–H groups in total. The summed E-state index contributed by atoms with van der Waals surface area (Å²) in [6.45, 7) is 4.11. The lowest BCUT2D eigenvalue weighted by atomic mass is 10.1. The number of imidazole rings is 1. The topological polar surface area (TPSA) is 76.4 Å². The Morgan fingerprint density at radius 3 is 2.81 bits per heavy atom. The lowest BCUT2D eigenvalue weighted by Crippen LogP contribution is -2.14. The van der Waals surface area contributed by atoms with Gasteiger partial charge < -0.3 is 10.8 Å². The van der Waals surface area contributed by atoms with Crippen molar-refractivity contribution >= 4 is 5.78 Å². The summed E-state index contributed by atoms with van der Waals surface area (Å²) < 4.78 is 1.85. The number of nitrogens with two attached hydrogens (primary N) is 1. The van der Waals surface area contributed by atoms with Crippen LogP contribution in [0.25, 0.3) is 5.78 Å². The van der Waals surface area contributed by atoms with Gasteiger partial charge in [0.1, 0.15) is 0 Å². The zero-order chi connectivity index (χ0) is 11.7. The minimum Gasteiger partial charge on any atom is -0.394 e. The second kappa shape index (κ2) is 4.19. The van der Waals surface area contributed by atoms with Gasteiger partial charge in [0.05, 0.1) is 18.3 Å². The highest BCUT2D eigenvalue weighted by Crippen LogP contribution is 2.15. The number of hydrogen-bond acceptors (Lipinski definition) is 4. The van der Waals surface area contributed by atoms with Crippen molar-refractivity contribution in [1.29, 1.82) is 0 Å². The van der Waals surface area contributed by atoms with Crippen LogP contribution < -0.4 is 5.73 Å². The van der Waals surface area contributed by atoms with E-state index in [1.807, 2.05) is 23.0 Å². The van der Waals surface area contributed by atoms with Crippen LogP contribution in [-0.2, 0) is 0 Å². The molecule has 0 saturated heterocycles. The van der Waals surface area contributed by atoms with Crippen molar-refractivity contribution in [2.24, 2.45) is 5.73 Å². The molecule has 0 aliphatic rings. The fraction of sp³-hybridized carbons (Fsp3) is 0.455. The van der Waals surface area contributed by atoms with E-state index < -0.39 is 6.04 Å². The summed E-state index contributed by atoms with van der Waals surface area (Å²) in [5.74, 6) is 1.04. The van der Waals surface area contributed by atoms with Crippen molar-refractivity contribution in [2.75, 3.05) is 6.61 Å². The average Bonchev–Trinajstić information content (AvgIpc) is 2.70. The predicted octanol–water partition coefficient (Wildman–Crippen LogP) is 0.845. The first-order chi connectivity index (χ1) is 7.61. The van der Waals surface area contributed by atoms with Crippen molar-refractivity contribution in [1.82, 2.24) is 14.4 Å². The number of hydrogen-bond donors (Lipinski definition) is 2. The van der Waals surface area contributed by atoms with Gasteiger partial charge in [0.25, 0.3) is 0 Å². The number of fused-ring (bicyclic) bond motifs is 1. The zero-order valence-electron chi connectivity index (χ0n) is 9.46. The maximum absolute atomic E-state index is 8.96. The molecule has 1 unspecified atom stereocenters. The Kier molecular flexibility index (Phi) is 2.89. The lowest BCUT2D eigenvalue weighted by molar-refractivity contribution is 0.266. The molecule has 0 saturated carbocycles. The van der Waals surface area contributed by atoms with E-state index in [0.29, 0.717) is 17.4 Å². The monoisotopic (exact) mass is 220 g/mol. The Balaban J connectivity index is 2.46. The quantitative estimate of drug-likeness (QED) is 0.803. The van der Waals surface area contributed by atoms with E-state index in [9.17, 15) is 0 Å². The van der Waals surface area contributed by atoms with Gasteiger partial charge in [-0.25, -0.2) is 9.97 Å². The molecule has 1 atom stereocenters. The van der Waals surface area contributed by atoms with Crippen molar-refractivity contribution in [2.45, 2.75) is 25.8 Å².